The van der Waals surface area contributed by atoms with Crippen molar-refractivity contribution in [1.29, 1.82) is 0 Å². The van der Waals surface area contributed by atoms with Crippen LogP contribution in [0.2, 0.25) is 0 Å². The first-order valence-corrected chi connectivity index (χ1v) is 10.7. The average Bonchev–Trinajstić information content (AvgIpc) is 2.87. The number of hydrogen-bond acceptors (Lipinski definition) is 3. The van der Waals surface area contributed by atoms with E-state index >= 15 is 0 Å². The lowest BCUT2D eigenvalue weighted by atomic mass is 9.92. The number of rotatable bonds is 2. The lowest BCUT2D eigenvalue weighted by molar-refractivity contribution is 0.0549. The molecule has 144 valence electrons. The number of nitrogens with one attached hydrogen (secondary N) is 1. The summed E-state index contributed by atoms with van der Waals surface area (Å²) >= 11 is 0. The van der Waals surface area contributed by atoms with E-state index in [1.807, 2.05) is 28.8 Å². The lowest BCUT2D eigenvalue weighted by Crippen LogP contribution is -2.51. The van der Waals surface area contributed by atoms with Crippen molar-refractivity contribution in [3.05, 3.63) is 45.0 Å². The quantitative estimate of drug-likeness (QED) is 0.652. The number of benzene rings is 1. The predicted molar refractivity (Wildman–Crippen MR) is 107 cm³/mol. The van der Waals surface area contributed by atoms with E-state index in [-0.39, 0.29) is 11.6 Å². The first-order valence-electron chi connectivity index (χ1n) is 10.7. The van der Waals surface area contributed by atoms with E-state index in [9.17, 15) is 9.59 Å². The molecule has 5 rings (SSSR count). The normalized spacial score (nSPS) is 29.9. The molecule has 1 aliphatic carbocycles. The van der Waals surface area contributed by atoms with Gasteiger partial charge in [0, 0.05) is 24.2 Å². The van der Waals surface area contributed by atoms with Gasteiger partial charge in [0.2, 0.25) is 0 Å². The molecule has 1 saturated carbocycles. The minimum absolute atomic E-state index is 0.143. The summed E-state index contributed by atoms with van der Waals surface area (Å²) in [6.07, 6.45) is 12.7. The van der Waals surface area contributed by atoms with Crippen LogP contribution in [0.1, 0.15) is 70.3 Å². The molecule has 2 saturated heterocycles. The smallest absolute Gasteiger partial charge is 0.316 e. The third-order valence-electron chi connectivity index (χ3n) is 7.20. The van der Waals surface area contributed by atoms with Crippen molar-refractivity contribution in [3.63, 3.8) is 0 Å². The highest BCUT2D eigenvalue weighted by atomic mass is 16.2. The Bertz CT molecular complexity index is 924. The maximum absolute atomic E-state index is 12.7. The molecule has 3 fully saturated rings. The van der Waals surface area contributed by atoms with Gasteiger partial charge in [0.25, 0.3) is 0 Å². The van der Waals surface area contributed by atoms with Gasteiger partial charge < -0.3 is 4.98 Å². The Morgan fingerprint density at radius 2 is 1.44 bits per heavy atom. The Kier molecular flexibility index (Phi) is 4.43. The molecule has 5 nitrogen and oxygen atoms in total. The molecule has 0 radical (unpaired) electrons. The van der Waals surface area contributed by atoms with E-state index in [4.69, 9.17) is 0 Å². The highest BCUT2D eigenvalue weighted by molar-refractivity contribution is 5.74. The summed E-state index contributed by atoms with van der Waals surface area (Å²) < 4.78 is 1.81. The number of para-hydroxylation sites is 2. The Balaban J connectivity index is 1.48. The van der Waals surface area contributed by atoms with Crippen LogP contribution in [0, 0.1) is 0 Å². The minimum Gasteiger partial charge on any atom is -0.316 e. The zero-order valence-corrected chi connectivity index (χ0v) is 15.9. The molecular weight excluding hydrogens is 338 g/mol. The fraction of sp³-hybridized carbons (Fsp3) is 0.636. The number of nitrogens with zero attached hydrogens (tertiary/aromatic N) is 2. The number of aromatic nitrogens is 2. The molecule has 3 atom stereocenters. The molecule has 3 aliphatic rings. The van der Waals surface area contributed by atoms with E-state index < -0.39 is 5.56 Å². The number of fused-ring (bicyclic) bond motifs is 3. The maximum Gasteiger partial charge on any atom is 0.316 e. The van der Waals surface area contributed by atoms with Crippen LogP contribution in [0.5, 0.6) is 0 Å². The molecule has 2 bridgehead atoms. The average molecular weight is 367 g/mol. The number of H-pyrrole nitrogens is 1. The van der Waals surface area contributed by atoms with E-state index in [0.29, 0.717) is 12.1 Å². The second-order valence-corrected chi connectivity index (χ2v) is 8.75. The van der Waals surface area contributed by atoms with Gasteiger partial charge in [-0.3, -0.25) is 19.1 Å². The molecular formula is C22H29N3O2. The first kappa shape index (κ1) is 17.2. The van der Waals surface area contributed by atoms with E-state index in [2.05, 4.69) is 9.88 Å². The monoisotopic (exact) mass is 367 g/mol. The largest absolute Gasteiger partial charge is 0.316 e. The summed E-state index contributed by atoms with van der Waals surface area (Å²) in [5.41, 5.74) is 0.753. The summed E-state index contributed by atoms with van der Waals surface area (Å²) in [6.45, 7) is 0. The molecule has 27 heavy (non-hydrogen) atoms. The van der Waals surface area contributed by atoms with Gasteiger partial charge in [-0.05, 0) is 50.7 Å². The number of hydrogen-bond donors (Lipinski definition) is 1. The lowest BCUT2D eigenvalue weighted by Gasteiger charge is -2.44. The molecule has 1 aromatic carbocycles. The minimum atomic E-state index is -0.493. The SMILES string of the molecule is O=c1[nH]c2ccccc2n(C2C[C@H]3CC[C@@H](C2)N3C2CCCCCC2)c1=O. The predicted octanol–water partition coefficient (Wildman–Crippen LogP) is 3.58. The Morgan fingerprint density at radius 1 is 0.778 bits per heavy atom. The number of piperidine rings is 1. The van der Waals surface area contributed by atoms with Crippen molar-refractivity contribution < 1.29 is 0 Å². The van der Waals surface area contributed by atoms with Crippen molar-refractivity contribution in [2.24, 2.45) is 0 Å². The van der Waals surface area contributed by atoms with Gasteiger partial charge in [-0.15, -0.1) is 0 Å². The summed E-state index contributed by atoms with van der Waals surface area (Å²) in [5.74, 6) is 0. The molecule has 1 N–H and O–H groups in total. The van der Waals surface area contributed by atoms with Crippen LogP contribution in [0.15, 0.2) is 33.9 Å². The van der Waals surface area contributed by atoms with Gasteiger partial charge in [0.05, 0.1) is 11.0 Å². The Morgan fingerprint density at radius 3 is 2.15 bits per heavy atom. The van der Waals surface area contributed by atoms with Crippen LogP contribution in [0.4, 0.5) is 0 Å². The summed E-state index contributed by atoms with van der Waals surface area (Å²) in [6, 6.07) is 9.73. The fourth-order valence-corrected chi connectivity index (χ4v) is 6.09. The maximum atomic E-state index is 12.7. The molecule has 1 aromatic heterocycles. The second-order valence-electron chi connectivity index (χ2n) is 8.75. The number of aromatic amines is 1. The summed E-state index contributed by atoms with van der Waals surface area (Å²) in [5, 5.41) is 0. The fourth-order valence-electron chi connectivity index (χ4n) is 6.09. The van der Waals surface area contributed by atoms with Crippen molar-refractivity contribution in [2.45, 2.75) is 88.4 Å². The zero-order valence-electron chi connectivity index (χ0n) is 15.9. The van der Waals surface area contributed by atoms with Crippen molar-refractivity contribution in [2.75, 3.05) is 0 Å². The third kappa shape index (κ3) is 2.96. The molecule has 2 aromatic rings. The van der Waals surface area contributed by atoms with Crippen LogP contribution in [0.25, 0.3) is 11.0 Å². The van der Waals surface area contributed by atoms with Gasteiger partial charge in [-0.2, -0.15) is 0 Å². The van der Waals surface area contributed by atoms with Gasteiger partial charge in [0.15, 0.2) is 0 Å². The van der Waals surface area contributed by atoms with Crippen molar-refractivity contribution in [1.82, 2.24) is 14.5 Å². The summed E-state index contributed by atoms with van der Waals surface area (Å²) in [4.78, 5) is 30.5. The van der Waals surface area contributed by atoms with Crippen LogP contribution in [-0.4, -0.2) is 32.6 Å². The van der Waals surface area contributed by atoms with Crippen molar-refractivity contribution >= 4 is 11.0 Å². The van der Waals surface area contributed by atoms with Crippen LogP contribution in [0.3, 0.4) is 0 Å². The topological polar surface area (TPSA) is 58.1 Å². The van der Waals surface area contributed by atoms with Crippen LogP contribution >= 0.6 is 0 Å². The standard InChI is InChI=1S/C22H29N3O2/c26-21-22(27)25(20-10-6-5-9-19(20)23-21)18-13-16-11-12-17(14-18)24(16)15-7-3-1-2-4-8-15/h5-6,9-10,15-18H,1-4,7-8,11-14H2,(H,23,26)/t16-,17+,18?. The second kappa shape index (κ2) is 6.93. The van der Waals surface area contributed by atoms with E-state index in [1.165, 1.54) is 51.4 Å². The van der Waals surface area contributed by atoms with Gasteiger partial charge >= 0.3 is 11.1 Å². The Hall–Kier alpha value is -1.88. The highest BCUT2D eigenvalue weighted by Gasteiger charge is 2.44. The molecule has 2 aliphatic heterocycles. The molecule has 0 amide bonds. The van der Waals surface area contributed by atoms with E-state index in [1.54, 1.807) is 0 Å². The van der Waals surface area contributed by atoms with Crippen LogP contribution in [-0.2, 0) is 0 Å². The first-order chi connectivity index (χ1) is 13.2. The Labute approximate surface area is 159 Å². The van der Waals surface area contributed by atoms with Gasteiger partial charge in [-0.1, -0.05) is 37.8 Å². The molecule has 5 heteroatoms. The molecule has 1 unspecified atom stereocenters. The van der Waals surface area contributed by atoms with Crippen molar-refractivity contribution in [3.8, 4) is 0 Å². The van der Waals surface area contributed by atoms with Gasteiger partial charge in [0.1, 0.15) is 0 Å². The third-order valence-corrected chi connectivity index (χ3v) is 7.20. The van der Waals surface area contributed by atoms with E-state index in [0.717, 1.165) is 29.9 Å². The molecule has 3 heterocycles. The zero-order chi connectivity index (χ0) is 18.4. The van der Waals surface area contributed by atoms with Crippen LogP contribution < -0.4 is 11.1 Å². The molecule has 0 spiro atoms. The summed E-state index contributed by atoms with van der Waals surface area (Å²) in [7, 11) is 0. The van der Waals surface area contributed by atoms with Gasteiger partial charge in [-0.25, -0.2) is 0 Å². The highest BCUT2D eigenvalue weighted by Crippen LogP contribution is 2.44.